The van der Waals surface area contributed by atoms with Gasteiger partial charge in [-0.1, -0.05) is 5.16 Å². The third-order valence-electron chi connectivity index (χ3n) is 1.73. The van der Waals surface area contributed by atoms with Crippen LogP contribution in [0.3, 0.4) is 0 Å². The van der Waals surface area contributed by atoms with Gasteiger partial charge in [0.05, 0.1) is 5.60 Å². The molecule has 0 aliphatic carbocycles. The minimum absolute atomic E-state index is 0.225. The maximum absolute atomic E-state index is 5.51. The molecule has 0 fully saturated rings. The summed E-state index contributed by atoms with van der Waals surface area (Å²) in [7, 11) is 0. The zero-order valence-electron chi connectivity index (χ0n) is 9.13. The molecule has 80 valence electrons. The number of hydrogen-bond acceptors (Lipinski definition) is 5. The summed E-state index contributed by atoms with van der Waals surface area (Å²) in [5.74, 6) is 0.627. The lowest BCUT2D eigenvalue weighted by molar-refractivity contribution is 0.000291. The number of hydrogen-bond donors (Lipinski definition) is 1. The second-order valence-electron chi connectivity index (χ2n) is 3.69. The zero-order chi connectivity index (χ0) is 10.6. The van der Waals surface area contributed by atoms with Crippen LogP contribution in [0.25, 0.3) is 0 Å². The van der Waals surface area contributed by atoms with Gasteiger partial charge in [-0.2, -0.15) is 4.98 Å². The van der Waals surface area contributed by atoms with Crippen LogP contribution in [-0.2, 0) is 4.74 Å². The summed E-state index contributed by atoms with van der Waals surface area (Å²) in [6.45, 7) is 9.10. The molecule has 5 nitrogen and oxygen atoms in total. The minimum Gasteiger partial charge on any atom is -0.374 e. The molecule has 14 heavy (non-hydrogen) atoms. The molecule has 0 aliphatic rings. The van der Waals surface area contributed by atoms with E-state index in [1.807, 2.05) is 20.8 Å². The van der Waals surface area contributed by atoms with Crippen molar-refractivity contribution in [2.24, 2.45) is 0 Å². The van der Waals surface area contributed by atoms with Gasteiger partial charge in [-0.05, 0) is 27.7 Å². The Balaban J connectivity index is 2.40. The van der Waals surface area contributed by atoms with Crippen molar-refractivity contribution in [1.29, 1.82) is 0 Å². The van der Waals surface area contributed by atoms with Crippen LogP contribution in [0, 0.1) is 6.92 Å². The summed E-state index contributed by atoms with van der Waals surface area (Å²) in [6, 6.07) is 0.440. The Hall–Kier alpha value is -1.10. The molecule has 0 atom stereocenters. The molecular formula is C9H17N3O2. The molecule has 5 heteroatoms. The van der Waals surface area contributed by atoms with E-state index in [4.69, 9.17) is 9.26 Å². The Morgan fingerprint density at radius 2 is 2.21 bits per heavy atom. The summed E-state index contributed by atoms with van der Waals surface area (Å²) < 4.78 is 10.4. The van der Waals surface area contributed by atoms with Crippen LogP contribution in [0.15, 0.2) is 4.52 Å². The molecule has 0 spiro atoms. The molecule has 0 unspecified atom stereocenters. The Labute approximate surface area is 83.8 Å². The SMILES string of the molecule is CCOC(C)(C)CNc1nc(C)no1. The van der Waals surface area contributed by atoms with Crippen LogP contribution in [0.4, 0.5) is 6.01 Å². The summed E-state index contributed by atoms with van der Waals surface area (Å²) >= 11 is 0. The molecule has 1 aromatic rings. The van der Waals surface area contributed by atoms with Crippen molar-refractivity contribution in [3.05, 3.63) is 5.82 Å². The van der Waals surface area contributed by atoms with Crippen molar-refractivity contribution in [3.63, 3.8) is 0 Å². The van der Waals surface area contributed by atoms with Crippen LogP contribution in [0.1, 0.15) is 26.6 Å². The monoisotopic (exact) mass is 199 g/mol. The van der Waals surface area contributed by atoms with Crippen LogP contribution in [-0.4, -0.2) is 28.9 Å². The highest BCUT2D eigenvalue weighted by atomic mass is 16.5. The summed E-state index contributed by atoms with van der Waals surface area (Å²) in [5.41, 5.74) is -0.225. The van der Waals surface area contributed by atoms with Gasteiger partial charge >= 0.3 is 6.01 Å². The first-order chi connectivity index (χ1) is 6.53. The molecule has 0 saturated heterocycles. The average Bonchev–Trinajstić information content (AvgIpc) is 2.48. The normalized spacial score (nSPS) is 11.7. The quantitative estimate of drug-likeness (QED) is 0.780. The number of nitrogens with one attached hydrogen (secondary N) is 1. The molecule has 0 saturated carbocycles. The molecular weight excluding hydrogens is 182 g/mol. The number of aromatic nitrogens is 2. The lowest BCUT2D eigenvalue weighted by Crippen LogP contribution is -2.33. The topological polar surface area (TPSA) is 60.2 Å². The van der Waals surface area contributed by atoms with E-state index in [2.05, 4.69) is 15.5 Å². The maximum atomic E-state index is 5.51. The van der Waals surface area contributed by atoms with Crippen molar-refractivity contribution in [2.75, 3.05) is 18.5 Å². The molecule has 1 N–H and O–H groups in total. The second-order valence-corrected chi connectivity index (χ2v) is 3.69. The van der Waals surface area contributed by atoms with E-state index >= 15 is 0 Å². The fourth-order valence-electron chi connectivity index (χ4n) is 1.10. The number of rotatable bonds is 5. The van der Waals surface area contributed by atoms with Gasteiger partial charge < -0.3 is 14.6 Å². The molecule has 0 amide bonds. The van der Waals surface area contributed by atoms with E-state index < -0.39 is 0 Å². The first kappa shape index (κ1) is 11.0. The zero-order valence-corrected chi connectivity index (χ0v) is 9.13. The highest BCUT2D eigenvalue weighted by Gasteiger charge is 2.18. The summed E-state index contributed by atoms with van der Waals surface area (Å²) in [4.78, 5) is 4.03. The standard InChI is InChI=1S/C9H17N3O2/c1-5-13-9(3,4)6-10-8-11-7(2)12-14-8/h5-6H2,1-4H3,(H,10,11,12). The van der Waals surface area contributed by atoms with Crippen molar-refractivity contribution < 1.29 is 9.26 Å². The maximum Gasteiger partial charge on any atom is 0.321 e. The smallest absolute Gasteiger partial charge is 0.321 e. The van der Waals surface area contributed by atoms with Crippen molar-refractivity contribution >= 4 is 6.01 Å². The number of nitrogens with zero attached hydrogens (tertiary/aromatic N) is 2. The van der Waals surface area contributed by atoms with Gasteiger partial charge in [-0.25, -0.2) is 0 Å². The van der Waals surface area contributed by atoms with E-state index in [-0.39, 0.29) is 5.60 Å². The van der Waals surface area contributed by atoms with Gasteiger partial charge in [0, 0.05) is 13.2 Å². The Bertz CT molecular complexity index is 283. The fraction of sp³-hybridized carbons (Fsp3) is 0.778. The molecule has 0 aliphatic heterocycles. The lowest BCUT2D eigenvalue weighted by Gasteiger charge is -2.24. The van der Waals surface area contributed by atoms with E-state index in [0.717, 1.165) is 0 Å². The largest absolute Gasteiger partial charge is 0.374 e. The lowest BCUT2D eigenvalue weighted by atomic mass is 10.1. The summed E-state index contributed by atoms with van der Waals surface area (Å²) in [5, 5.41) is 6.70. The van der Waals surface area contributed by atoms with Crippen LogP contribution < -0.4 is 5.32 Å². The molecule has 0 aromatic carbocycles. The number of aryl methyl sites for hydroxylation is 1. The molecule has 1 aromatic heterocycles. The Morgan fingerprint density at radius 1 is 1.50 bits per heavy atom. The van der Waals surface area contributed by atoms with E-state index in [0.29, 0.717) is 25.0 Å². The van der Waals surface area contributed by atoms with E-state index in [1.165, 1.54) is 0 Å². The van der Waals surface area contributed by atoms with Crippen molar-refractivity contribution in [1.82, 2.24) is 10.1 Å². The third-order valence-corrected chi connectivity index (χ3v) is 1.73. The molecule has 1 heterocycles. The van der Waals surface area contributed by atoms with E-state index in [9.17, 15) is 0 Å². The van der Waals surface area contributed by atoms with Crippen LogP contribution in [0.2, 0.25) is 0 Å². The molecule has 1 rings (SSSR count). The number of anilines is 1. The predicted molar refractivity (Wildman–Crippen MR) is 53.2 cm³/mol. The van der Waals surface area contributed by atoms with E-state index in [1.54, 1.807) is 6.92 Å². The molecule has 0 radical (unpaired) electrons. The van der Waals surface area contributed by atoms with Gasteiger partial charge in [-0.15, -0.1) is 0 Å². The summed E-state index contributed by atoms with van der Waals surface area (Å²) in [6.07, 6.45) is 0. The average molecular weight is 199 g/mol. The van der Waals surface area contributed by atoms with Gasteiger partial charge in [-0.3, -0.25) is 0 Å². The number of ether oxygens (including phenoxy) is 1. The highest BCUT2D eigenvalue weighted by molar-refractivity contribution is 5.18. The van der Waals surface area contributed by atoms with Crippen LogP contribution >= 0.6 is 0 Å². The second kappa shape index (κ2) is 4.41. The first-order valence-electron chi connectivity index (χ1n) is 4.71. The predicted octanol–water partition coefficient (Wildman–Crippen LogP) is 1.61. The van der Waals surface area contributed by atoms with Gasteiger partial charge in [0.15, 0.2) is 5.82 Å². The highest BCUT2D eigenvalue weighted by Crippen LogP contribution is 2.10. The van der Waals surface area contributed by atoms with Crippen molar-refractivity contribution in [3.8, 4) is 0 Å². The first-order valence-corrected chi connectivity index (χ1v) is 4.71. The van der Waals surface area contributed by atoms with Crippen LogP contribution in [0.5, 0.6) is 0 Å². The Morgan fingerprint density at radius 3 is 2.71 bits per heavy atom. The molecule has 0 bridgehead atoms. The van der Waals surface area contributed by atoms with Gasteiger partial charge in [0.1, 0.15) is 0 Å². The van der Waals surface area contributed by atoms with Gasteiger partial charge in [0.2, 0.25) is 0 Å². The van der Waals surface area contributed by atoms with Gasteiger partial charge in [0.25, 0.3) is 0 Å². The Kier molecular flexibility index (Phi) is 3.46. The fourth-order valence-corrected chi connectivity index (χ4v) is 1.10. The minimum atomic E-state index is -0.225. The van der Waals surface area contributed by atoms with Crippen molar-refractivity contribution in [2.45, 2.75) is 33.3 Å². The third kappa shape index (κ3) is 3.33.